The molecule has 30 heavy (non-hydrogen) atoms. The number of carbonyl (C=O) groups excluding carboxylic acids is 1. The number of methoxy groups -OCH3 is 1. The van der Waals surface area contributed by atoms with Crippen LogP contribution < -0.4 is 10.0 Å². The number of aryl methyl sites for hydroxylation is 2. The summed E-state index contributed by atoms with van der Waals surface area (Å²) >= 11 is 0. The molecule has 2 N–H and O–H groups in total. The first-order chi connectivity index (χ1) is 14.3. The highest BCUT2D eigenvalue weighted by Crippen LogP contribution is 2.22. The number of hydrogen-bond donors (Lipinski definition) is 2. The lowest BCUT2D eigenvalue weighted by Crippen LogP contribution is -2.22. The van der Waals surface area contributed by atoms with Crippen molar-refractivity contribution in [2.75, 3.05) is 17.1 Å². The second-order valence-corrected chi connectivity index (χ2v) is 8.63. The van der Waals surface area contributed by atoms with E-state index in [1.807, 2.05) is 50.2 Å². The summed E-state index contributed by atoms with van der Waals surface area (Å²) in [6.45, 7) is 3.89. The summed E-state index contributed by atoms with van der Waals surface area (Å²) in [4.78, 5) is 12.7. The second kappa shape index (κ2) is 9.11. The van der Waals surface area contributed by atoms with Gasteiger partial charge in [0.1, 0.15) is 0 Å². The summed E-state index contributed by atoms with van der Waals surface area (Å²) in [5, 5.41) is 2.75. The fourth-order valence-electron chi connectivity index (χ4n) is 2.97. The summed E-state index contributed by atoms with van der Waals surface area (Å²) in [5.74, 6) is -0.340. The largest absolute Gasteiger partial charge is 0.367 e. The Morgan fingerprint density at radius 2 is 1.50 bits per heavy atom. The molecule has 3 rings (SSSR count). The molecule has 0 heterocycles. The molecule has 0 fully saturated rings. The molecule has 0 aromatic heterocycles. The van der Waals surface area contributed by atoms with Gasteiger partial charge in [-0.25, -0.2) is 8.42 Å². The Morgan fingerprint density at radius 3 is 2.10 bits per heavy atom. The van der Waals surface area contributed by atoms with Crippen LogP contribution in [0.25, 0.3) is 0 Å². The number of rotatable bonds is 7. The number of carbonyl (C=O) groups is 1. The third kappa shape index (κ3) is 5.06. The van der Waals surface area contributed by atoms with E-state index in [4.69, 9.17) is 4.74 Å². The Bertz CT molecular complexity index is 1130. The Morgan fingerprint density at radius 1 is 0.867 bits per heavy atom. The maximum absolute atomic E-state index is 12.7. The number of anilines is 2. The molecule has 0 aliphatic heterocycles. The average molecular weight is 425 g/mol. The average Bonchev–Trinajstić information content (AvgIpc) is 2.72. The highest BCUT2D eigenvalue weighted by atomic mass is 32.2. The van der Waals surface area contributed by atoms with E-state index < -0.39 is 16.1 Å². The fourth-order valence-corrected chi connectivity index (χ4v) is 4.02. The molecule has 0 radical (unpaired) electrons. The molecule has 1 atom stereocenters. The van der Waals surface area contributed by atoms with Gasteiger partial charge in [0.2, 0.25) is 0 Å². The summed E-state index contributed by atoms with van der Waals surface area (Å²) in [7, 11) is -2.28. The van der Waals surface area contributed by atoms with Gasteiger partial charge >= 0.3 is 0 Å². The third-order valence-corrected chi connectivity index (χ3v) is 6.16. The highest BCUT2D eigenvalue weighted by Gasteiger charge is 2.20. The predicted molar refractivity (Wildman–Crippen MR) is 118 cm³/mol. The number of nitrogens with one attached hydrogen (secondary N) is 2. The van der Waals surface area contributed by atoms with Gasteiger partial charge < -0.3 is 10.1 Å². The lowest BCUT2D eigenvalue weighted by atomic mass is 10.1. The molecular weight excluding hydrogens is 400 g/mol. The zero-order chi connectivity index (χ0) is 21.7. The van der Waals surface area contributed by atoms with E-state index in [1.165, 1.54) is 19.2 Å². The fraction of sp³-hybridized carbons (Fsp3) is 0.174. The molecule has 1 amide bonds. The summed E-state index contributed by atoms with van der Waals surface area (Å²) < 4.78 is 33.2. The summed E-state index contributed by atoms with van der Waals surface area (Å²) in [6, 6.07) is 20.5. The quantitative estimate of drug-likeness (QED) is 0.588. The molecule has 0 saturated carbocycles. The minimum atomic E-state index is -3.74. The molecule has 7 heteroatoms. The molecule has 3 aromatic rings. The first-order valence-corrected chi connectivity index (χ1v) is 10.9. The normalized spacial score (nSPS) is 12.2. The van der Waals surface area contributed by atoms with Crippen LogP contribution in [0.4, 0.5) is 11.4 Å². The van der Waals surface area contributed by atoms with Gasteiger partial charge in [-0.1, -0.05) is 36.4 Å². The number of sulfonamides is 1. The van der Waals surface area contributed by atoms with Crippen molar-refractivity contribution in [1.29, 1.82) is 0 Å². The molecule has 6 nitrogen and oxygen atoms in total. The molecule has 0 bridgehead atoms. The standard InChI is InChI=1S/C23H24N2O4S/c1-16-9-10-20(15-17(16)2)25-30(27,28)21-13-11-19(12-14-21)24-23(26)22(29-3)18-7-5-4-6-8-18/h4-15,22,25H,1-3H3,(H,24,26)/t22-/m0/s1. The van der Waals surface area contributed by atoms with Gasteiger partial charge in [0.15, 0.2) is 6.10 Å². The van der Waals surface area contributed by atoms with Gasteiger partial charge in [-0.3, -0.25) is 9.52 Å². The van der Waals surface area contributed by atoms with E-state index in [0.29, 0.717) is 11.4 Å². The van der Waals surface area contributed by atoms with Crippen LogP contribution in [0.5, 0.6) is 0 Å². The Kier molecular flexibility index (Phi) is 6.54. The number of amides is 1. The van der Waals surface area contributed by atoms with Gasteiger partial charge in [0.25, 0.3) is 15.9 Å². The van der Waals surface area contributed by atoms with E-state index in [2.05, 4.69) is 10.0 Å². The van der Waals surface area contributed by atoms with Crippen LogP contribution >= 0.6 is 0 Å². The SMILES string of the molecule is CO[C@H](C(=O)Nc1ccc(S(=O)(=O)Nc2ccc(C)c(C)c2)cc1)c1ccccc1. The number of ether oxygens (including phenoxy) is 1. The monoisotopic (exact) mass is 424 g/mol. The van der Waals surface area contributed by atoms with E-state index in [9.17, 15) is 13.2 Å². The third-order valence-electron chi connectivity index (χ3n) is 4.77. The smallest absolute Gasteiger partial charge is 0.261 e. The van der Waals surface area contributed by atoms with Crippen molar-refractivity contribution in [2.24, 2.45) is 0 Å². The first-order valence-electron chi connectivity index (χ1n) is 9.39. The van der Waals surface area contributed by atoms with Gasteiger partial charge in [-0.15, -0.1) is 0 Å². The Hall–Kier alpha value is -3.16. The topological polar surface area (TPSA) is 84.5 Å². The van der Waals surface area contributed by atoms with E-state index >= 15 is 0 Å². The zero-order valence-electron chi connectivity index (χ0n) is 17.0. The van der Waals surface area contributed by atoms with Crippen molar-refractivity contribution >= 4 is 27.3 Å². The molecule has 156 valence electrons. The van der Waals surface area contributed by atoms with Crippen molar-refractivity contribution in [1.82, 2.24) is 0 Å². The van der Waals surface area contributed by atoms with Crippen LogP contribution in [-0.4, -0.2) is 21.4 Å². The van der Waals surface area contributed by atoms with Crippen molar-refractivity contribution < 1.29 is 17.9 Å². The molecule has 0 spiro atoms. The van der Waals surface area contributed by atoms with Crippen LogP contribution in [0.15, 0.2) is 77.7 Å². The minimum Gasteiger partial charge on any atom is -0.367 e. The molecule has 0 saturated heterocycles. The summed E-state index contributed by atoms with van der Waals surface area (Å²) in [6.07, 6.45) is -0.763. The lowest BCUT2D eigenvalue weighted by Gasteiger charge is -2.16. The van der Waals surface area contributed by atoms with E-state index in [0.717, 1.165) is 16.7 Å². The lowest BCUT2D eigenvalue weighted by molar-refractivity contribution is -0.126. The van der Waals surface area contributed by atoms with Gasteiger partial charge in [0.05, 0.1) is 4.90 Å². The highest BCUT2D eigenvalue weighted by molar-refractivity contribution is 7.92. The van der Waals surface area contributed by atoms with Crippen molar-refractivity contribution in [2.45, 2.75) is 24.8 Å². The maximum atomic E-state index is 12.7. The van der Waals surface area contributed by atoms with Gasteiger partial charge in [0, 0.05) is 18.5 Å². The number of hydrogen-bond acceptors (Lipinski definition) is 4. The first kappa shape index (κ1) is 21.5. The van der Waals surface area contributed by atoms with Crippen molar-refractivity contribution in [3.05, 3.63) is 89.5 Å². The van der Waals surface area contributed by atoms with Crippen LogP contribution in [0.2, 0.25) is 0 Å². The van der Waals surface area contributed by atoms with E-state index in [-0.39, 0.29) is 10.8 Å². The van der Waals surface area contributed by atoms with Crippen LogP contribution in [0.3, 0.4) is 0 Å². The summed E-state index contributed by atoms with van der Waals surface area (Å²) in [5.41, 5.74) is 3.79. The van der Waals surface area contributed by atoms with Gasteiger partial charge in [-0.2, -0.15) is 0 Å². The molecule has 0 aliphatic rings. The molecular formula is C23H24N2O4S. The van der Waals surface area contributed by atoms with Gasteiger partial charge in [-0.05, 0) is 66.9 Å². The van der Waals surface area contributed by atoms with Crippen LogP contribution in [-0.2, 0) is 19.6 Å². The second-order valence-electron chi connectivity index (χ2n) is 6.94. The maximum Gasteiger partial charge on any atom is 0.261 e. The Balaban J connectivity index is 1.72. The predicted octanol–water partition coefficient (Wildman–Crippen LogP) is 4.43. The van der Waals surface area contributed by atoms with E-state index in [1.54, 1.807) is 24.3 Å². The Labute approximate surface area is 177 Å². The van der Waals surface area contributed by atoms with Crippen molar-refractivity contribution in [3.63, 3.8) is 0 Å². The molecule has 0 unspecified atom stereocenters. The minimum absolute atomic E-state index is 0.102. The van der Waals surface area contributed by atoms with Crippen molar-refractivity contribution in [3.8, 4) is 0 Å². The molecule has 0 aliphatic carbocycles. The zero-order valence-corrected chi connectivity index (χ0v) is 17.9. The number of benzene rings is 3. The van der Waals surface area contributed by atoms with Crippen LogP contribution in [0.1, 0.15) is 22.8 Å². The van der Waals surface area contributed by atoms with Crippen LogP contribution in [0, 0.1) is 13.8 Å². The molecule has 3 aromatic carbocycles.